The molecule has 1 aromatic carbocycles. The first-order chi connectivity index (χ1) is 9.15. The van der Waals surface area contributed by atoms with Gasteiger partial charge in [0.2, 0.25) is 0 Å². The highest BCUT2D eigenvalue weighted by Gasteiger charge is 2.23. The van der Waals surface area contributed by atoms with E-state index in [1.165, 1.54) is 12.8 Å². The molecule has 0 aliphatic heterocycles. The Bertz CT molecular complexity index is 658. The summed E-state index contributed by atoms with van der Waals surface area (Å²) in [7, 11) is 2.05. The average Bonchev–Trinajstić information content (AvgIpc) is 3.19. The van der Waals surface area contributed by atoms with E-state index in [9.17, 15) is 4.79 Å². The molecule has 1 fully saturated rings. The van der Waals surface area contributed by atoms with Crippen LogP contribution in [0.25, 0.3) is 10.8 Å². The van der Waals surface area contributed by atoms with Crippen LogP contribution >= 0.6 is 0 Å². The van der Waals surface area contributed by atoms with Crippen LogP contribution < -0.4 is 5.56 Å². The van der Waals surface area contributed by atoms with Crippen LogP contribution in [0.5, 0.6) is 0 Å². The molecular formula is C15H19N3O. The number of nitrogens with zero attached hydrogens (tertiary/aromatic N) is 3. The highest BCUT2D eigenvalue weighted by molar-refractivity contribution is 5.83. The molecular weight excluding hydrogens is 238 g/mol. The van der Waals surface area contributed by atoms with Crippen molar-refractivity contribution in [3.63, 3.8) is 0 Å². The molecule has 1 heterocycles. The molecule has 3 rings (SSSR count). The van der Waals surface area contributed by atoms with Gasteiger partial charge >= 0.3 is 0 Å². The number of hydrogen-bond donors (Lipinski definition) is 0. The van der Waals surface area contributed by atoms with Crippen molar-refractivity contribution in [3.05, 3.63) is 40.3 Å². The Morgan fingerprint density at radius 2 is 2.00 bits per heavy atom. The van der Waals surface area contributed by atoms with Crippen molar-refractivity contribution in [2.75, 3.05) is 13.6 Å². The summed E-state index contributed by atoms with van der Waals surface area (Å²) in [5.74, 6) is 0.822. The fourth-order valence-corrected chi connectivity index (χ4v) is 2.53. The summed E-state index contributed by atoms with van der Waals surface area (Å²) in [4.78, 5) is 14.6. The smallest absolute Gasteiger partial charge is 0.275 e. The van der Waals surface area contributed by atoms with Crippen molar-refractivity contribution in [2.45, 2.75) is 26.4 Å². The Morgan fingerprint density at radius 1 is 1.32 bits per heavy atom. The van der Waals surface area contributed by atoms with Crippen LogP contribution in [0.4, 0.5) is 0 Å². The number of aryl methyl sites for hydroxylation is 1. The summed E-state index contributed by atoms with van der Waals surface area (Å²) in [5.41, 5.74) is 0.916. The summed E-state index contributed by atoms with van der Waals surface area (Å²) in [6, 6.07) is 7.68. The molecule has 100 valence electrons. The van der Waals surface area contributed by atoms with Crippen molar-refractivity contribution >= 4 is 10.8 Å². The van der Waals surface area contributed by atoms with Gasteiger partial charge in [0.15, 0.2) is 0 Å². The van der Waals surface area contributed by atoms with E-state index in [2.05, 4.69) is 17.0 Å². The zero-order valence-electron chi connectivity index (χ0n) is 11.5. The second-order valence-electron chi connectivity index (χ2n) is 5.56. The Balaban J connectivity index is 1.94. The minimum Gasteiger partial charge on any atom is -0.287 e. The van der Waals surface area contributed by atoms with E-state index in [1.807, 2.05) is 31.2 Å². The molecule has 1 saturated carbocycles. The third-order valence-corrected chi connectivity index (χ3v) is 3.69. The second-order valence-corrected chi connectivity index (χ2v) is 5.56. The molecule has 0 spiro atoms. The summed E-state index contributed by atoms with van der Waals surface area (Å²) >= 11 is 0. The molecule has 0 bridgehead atoms. The predicted molar refractivity (Wildman–Crippen MR) is 76.1 cm³/mol. The standard InChI is InChI=1S/C15H19N3O/c1-11-13-5-3-4-6-14(13)15(19)18(16-11)10-17(2)9-12-7-8-12/h3-6,12H,7-10H2,1-2H3. The number of hydrogen-bond acceptors (Lipinski definition) is 3. The Morgan fingerprint density at radius 3 is 2.68 bits per heavy atom. The Kier molecular flexibility index (Phi) is 3.11. The molecule has 2 aromatic rings. The topological polar surface area (TPSA) is 38.1 Å². The fraction of sp³-hybridized carbons (Fsp3) is 0.467. The lowest BCUT2D eigenvalue weighted by atomic mass is 10.1. The fourth-order valence-electron chi connectivity index (χ4n) is 2.53. The van der Waals surface area contributed by atoms with Gasteiger partial charge in [-0.2, -0.15) is 5.10 Å². The van der Waals surface area contributed by atoms with Crippen molar-refractivity contribution in [1.29, 1.82) is 0 Å². The van der Waals surface area contributed by atoms with Crippen LogP contribution in [-0.2, 0) is 6.67 Å². The van der Waals surface area contributed by atoms with Crippen molar-refractivity contribution in [1.82, 2.24) is 14.7 Å². The minimum absolute atomic E-state index is 0.00356. The molecule has 1 aliphatic carbocycles. The first kappa shape index (κ1) is 12.4. The first-order valence-electron chi connectivity index (χ1n) is 6.80. The third-order valence-electron chi connectivity index (χ3n) is 3.69. The lowest BCUT2D eigenvalue weighted by Crippen LogP contribution is -2.33. The largest absolute Gasteiger partial charge is 0.287 e. The molecule has 0 unspecified atom stereocenters. The lowest BCUT2D eigenvalue weighted by molar-refractivity contribution is 0.239. The SMILES string of the molecule is Cc1nn(CN(C)CC2CC2)c(=O)c2ccccc12. The summed E-state index contributed by atoms with van der Waals surface area (Å²) in [5, 5.41) is 6.14. The summed E-state index contributed by atoms with van der Waals surface area (Å²) in [6.45, 7) is 3.58. The van der Waals surface area contributed by atoms with Gasteiger partial charge in [-0.15, -0.1) is 0 Å². The zero-order valence-corrected chi connectivity index (χ0v) is 11.5. The maximum absolute atomic E-state index is 12.4. The highest BCUT2D eigenvalue weighted by Crippen LogP contribution is 2.29. The maximum Gasteiger partial charge on any atom is 0.275 e. The number of rotatable bonds is 4. The predicted octanol–water partition coefficient (Wildman–Crippen LogP) is 2.00. The van der Waals surface area contributed by atoms with Gasteiger partial charge in [-0.05, 0) is 38.8 Å². The van der Waals surface area contributed by atoms with Crippen LogP contribution in [0.15, 0.2) is 29.1 Å². The Labute approximate surface area is 112 Å². The van der Waals surface area contributed by atoms with Crippen molar-refractivity contribution < 1.29 is 0 Å². The molecule has 19 heavy (non-hydrogen) atoms. The molecule has 0 N–H and O–H groups in total. The third kappa shape index (κ3) is 2.54. The minimum atomic E-state index is 0.00356. The van der Waals surface area contributed by atoms with Gasteiger partial charge in [0.25, 0.3) is 5.56 Å². The van der Waals surface area contributed by atoms with Gasteiger partial charge in [0.05, 0.1) is 17.7 Å². The van der Waals surface area contributed by atoms with E-state index in [4.69, 9.17) is 0 Å². The van der Waals surface area contributed by atoms with Crippen LogP contribution in [0, 0.1) is 12.8 Å². The van der Waals surface area contributed by atoms with E-state index in [0.29, 0.717) is 6.67 Å². The molecule has 1 aromatic heterocycles. The van der Waals surface area contributed by atoms with Gasteiger partial charge in [0, 0.05) is 11.9 Å². The van der Waals surface area contributed by atoms with Crippen LogP contribution in [-0.4, -0.2) is 28.3 Å². The number of benzene rings is 1. The van der Waals surface area contributed by atoms with Crippen LogP contribution in [0.1, 0.15) is 18.5 Å². The van der Waals surface area contributed by atoms with Crippen molar-refractivity contribution in [3.8, 4) is 0 Å². The van der Waals surface area contributed by atoms with Gasteiger partial charge < -0.3 is 0 Å². The summed E-state index contributed by atoms with van der Waals surface area (Å²) in [6.07, 6.45) is 2.65. The lowest BCUT2D eigenvalue weighted by Gasteiger charge is -2.17. The average molecular weight is 257 g/mol. The normalized spacial score (nSPS) is 15.3. The zero-order chi connectivity index (χ0) is 13.4. The van der Waals surface area contributed by atoms with E-state index in [0.717, 1.165) is 28.9 Å². The molecule has 4 nitrogen and oxygen atoms in total. The first-order valence-corrected chi connectivity index (χ1v) is 6.80. The monoisotopic (exact) mass is 257 g/mol. The van der Waals surface area contributed by atoms with E-state index < -0.39 is 0 Å². The van der Waals surface area contributed by atoms with Crippen molar-refractivity contribution in [2.24, 2.45) is 5.92 Å². The molecule has 0 radical (unpaired) electrons. The molecule has 0 atom stereocenters. The van der Waals surface area contributed by atoms with Gasteiger partial charge in [-0.1, -0.05) is 18.2 Å². The van der Waals surface area contributed by atoms with E-state index in [-0.39, 0.29) is 5.56 Å². The Hall–Kier alpha value is -1.68. The molecule has 0 amide bonds. The van der Waals surface area contributed by atoms with Gasteiger partial charge in [-0.3, -0.25) is 9.69 Å². The van der Waals surface area contributed by atoms with Crippen LogP contribution in [0.3, 0.4) is 0 Å². The van der Waals surface area contributed by atoms with E-state index >= 15 is 0 Å². The maximum atomic E-state index is 12.4. The van der Waals surface area contributed by atoms with Gasteiger partial charge in [-0.25, -0.2) is 4.68 Å². The summed E-state index contributed by atoms with van der Waals surface area (Å²) < 4.78 is 1.58. The quantitative estimate of drug-likeness (QED) is 0.841. The molecule has 4 heteroatoms. The highest BCUT2D eigenvalue weighted by atomic mass is 16.1. The van der Waals surface area contributed by atoms with E-state index in [1.54, 1.807) is 4.68 Å². The second kappa shape index (κ2) is 4.78. The number of fused-ring (bicyclic) bond motifs is 1. The molecule has 0 saturated heterocycles. The van der Waals surface area contributed by atoms with Gasteiger partial charge in [0.1, 0.15) is 0 Å². The van der Waals surface area contributed by atoms with Crippen LogP contribution in [0.2, 0.25) is 0 Å². The number of aromatic nitrogens is 2. The molecule has 1 aliphatic rings.